The molecule has 0 fully saturated rings. The van der Waals surface area contributed by atoms with Crippen molar-refractivity contribution < 1.29 is 4.74 Å². The minimum atomic E-state index is 0.724. The van der Waals surface area contributed by atoms with Crippen molar-refractivity contribution in [1.82, 2.24) is 4.98 Å². The zero-order valence-electron chi connectivity index (χ0n) is 9.48. The Bertz CT molecular complexity index is 502. The molecule has 1 aromatic heterocycles. The van der Waals surface area contributed by atoms with E-state index in [1.807, 2.05) is 36.5 Å². The van der Waals surface area contributed by atoms with Gasteiger partial charge in [-0.15, -0.1) is 0 Å². The first kappa shape index (κ1) is 11.9. The van der Waals surface area contributed by atoms with E-state index in [1.165, 1.54) is 0 Å². The Balaban J connectivity index is 2.05. The largest absolute Gasteiger partial charge is 0.497 e. The molecule has 0 saturated carbocycles. The van der Waals surface area contributed by atoms with Gasteiger partial charge < -0.3 is 10.1 Å². The van der Waals surface area contributed by atoms with Gasteiger partial charge in [0, 0.05) is 40.7 Å². The van der Waals surface area contributed by atoms with Crippen LogP contribution in [-0.4, -0.2) is 12.1 Å². The topological polar surface area (TPSA) is 34.1 Å². The number of methoxy groups -OCH3 is 1. The van der Waals surface area contributed by atoms with Crippen molar-refractivity contribution in [3.8, 4) is 5.75 Å². The average molecular weight is 293 g/mol. The Morgan fingerprint density at radius 2 is 2.24 bits per heavy atom. The number of hydrogen-bond donors (Lipinski definition) is 1. The first-order valence-corrected chi connectivity index (χ1v) is 6.05. The standard InChI is InChI=1S/C13H13BrN2O/c1-17-12-4-2-3-11(7-12)16-9-10-8-15-6-5-13(10)14/h2-8,16H,9H2,1H3. The maximum Gasteiger partial charge on any atom is 0.120 e. The summed E-state index contributed by atoms with van der Waals surface area (Å²) in [6.07, 6.45) is 3.61. The smallest absolute Gasteiger partial charge is 0.120 e. The normalized spacial score (nSPS) is 10.0. The van der Waals surface area contributed by atoms with Gasteiger partial charge in [-0.25, -0.2) is 0 Å². The molecule has 0 radical (unpaired) electrons. The second-order valence-electron chi connectivity index (χ2n) is 3.55. The number of benzene rings is 1. The van der Waals surface area contributed by atoms with Crippen LogP contribution in [0.1, 0.15) is 5.56 Å². The van der Waals surface area contributed by atoms with Gasteiger partial charge in [0.2, 0.25) is 0 Å². The quantitative estimate of drug-likeness (QED) is 0.937. The Morgan fingerprint density at radius 1 is 1.35 bits per heavy atom. The fraction of sp³-hybridized carbons (Fsp3) is 0.154. The summed E-state index contributed by atoms with van der Waals surface area (Å²) in [6, 6.07) is 9.78. The van der Waals surface area contributed by atoms with E-state index in [1.54, 1.807) is 13.3 Å². The van der Waals surface area contributed by atoms with E-state index in [-0.39, 0.29) is 0 Å². The van der Waals surface area contributed by atoms with E-state index >= 15 is 0 Å². The molecule has 0 saturated heterocycles. The van der Waals surface area contributed by atoms with Gasteiger partial charge in [0.1, 0.15) is 5.75 Å². The number of nitrogens with zero attached hydrogens (tertiary/aromatic N) is 1. The molecule has 0 aliphatic heterocycles. The average Bonchev–Trinajstić information content (AvgIpc) is 2.38. The maximum absolute atomic E-state index is 5.17. The molecule has 0 atom stereocenters. The molecule has 2 aromatic rings. The number of rotatable bonds is 4. The molecule has 1 heterocycles. The van der Waals surface area contributed by atoms with Gasteiger partial charge in [0.15, 0.2) is 0 Å². The van der Waals surface area contributed by atoms with Crippen molar-refractivity contribution in [1.29, 1.82) is 0 Å². The van der Waals surface area contributed by atoms with Gasteiger partial charge in [-0.3, -0.25) is 4.98 Å². The van der Waals surface area contributed by atoms with Crippen molar-refractivity contribution in [2.75, 3.05) is 12.4 Å². The third-order valence-electron chi connectivity index (χ3n) is 2.40. The third-order valence-corrected chi connectivity index (χ3v) is 3.17. The lowest BCUT2D eigenvalue weighted by atomic mass is 10.2. The molecule has 0 bridgehead atoms. The number of hydrogen-bond acceptors (Lipinski definition) is 3. The van der Waals surface area contributed by atoms with Crippen LogP contribution in [-0.2, 0) is 6.54 Å². The second kappa shape index (κ2) is 5.68. The van der Waals surface area contributed by atoms with Crippen molar-refractivity contribution in [2.24, 2.45) is 0 Å². The Hall–Kier alpha value is -1.55. The first-order chi connectivity index (χ1) is 8.29. The molecule has 1 aromatic carbocycles. The molecule has 0 unspecified atom stereocenters. The molecule has 17 heavy (non-hydrogen) atoms. The number of nitrogens with one attached hydrogen (secondary N) is 1. The van der Waals surface area contributed by atoms with Crippen LogP contribution in [0.2, 0.25) is 0 Å². The predicted octanol–water partition coefficient (Wildman–Crippen LogP) is 3.46. The maximum atomic E-state index is 5.17. The summed E-state index contributed by atoms with van der Waals surface area (Å²) in [4.78, 5) is 4.10. The molecular formula is C13H13BrN2O. The molecule has 88 valence electrons. The van der Waals surface area contributed by atoms with Gasteiger partial charge in [0.05, 0.1) is 7.11 Å². The summed E-state index contributed by atoms with van der Waals surface area (Å²) in [5.41, 5.74) is 2.15. The monoisotopic (exact) mass is 292 g/mol. The van der Waals surface area contributed by atoms with Crippen molar-refractivity contribution in [3.63, 3.8) is 0 Å². The van der Waals surface area contributed by atoms with Gasteiger partial charge in [0.25, 0.3) is 0 Å². The van der Waals surface area contributed by atoms with Gasteiger partial charge in [-0.05, 0) is 18.2 Å². The molecular weight excluding hydrogens is 280 g/mol. The Morgan fingerprint density at radius 3 is 3.00 bits per heavy atom. The molecule has 0 aliphatic rings. The summed E-state index contributed by atoms with van der Waals surface area (Å²) in [5.74, 6) is 0.847. The SMILES string of the molecule is COc1cccc(NCc2cnccc2Br)c1. The van der Waals surface area contributed by atoms with Gasteiger partial charge in [-0.1, -0.05) is 22.0 Å². The predicted molar refractivity (Wildman–Crippen MR) is 72.3 cm³/mol. The van der Waals surface area contributed by atoms with E-state index in [0.29, 0.717) is 0 Å². The molecule has 0 amide bonds. The highest BCUT2D eigenvalue weighted by Gasteiger charge is 2.00. The van der Waals surface area contributed by atoms with Crippen LogP contribution in [0.15, 0.2) is 47.2 Å². The Labute approximate surface area is 109 Å². The minimum Gasteiger partial charge on any atom is -0.497 e. The highest BCUT2D eigenvalue weighted by molar-refractivity contribution is 9.10. The summed E-state index contributed by atoms with van der Waals surface area (Å²) in [5, 5.41) is 3.33. The molecule has 2 rings (SSSR count). The lowest BCUT2D eigenvalue weighted by molar-refractivity contribution is 0.415. The summed E-state index contributed by atoms with van der Waals surface area (Å²) in [6.45, 7) is 0.724. The van der Waals surface area contributed by atoms with Crippen LogP contribution in [0.4, 0.5) is 5.69 Å². The number of aromatic nitrogens is 1. The van der Waals surface area contributed by atoms with Crippen molar-refractivity contribution in [2.45, 2.75) is 6.54 Å². The number of pyridine rings is 1. The number of halogens is 1. The van der Waals surface area contributed by atoms with Crippen molar-refractivity contribution >= 4 is 21.6 Å². The van der Waals surface area contributed by atoms with Crippen LogP contribution in [0, 0.1) is 0 Å². The molecule has 1 N–H and O–H groups in total. The second-order valence-corrected chi connectivity index (χ2v) is 4.41. The zero-order chi connectivity index (χ0) is 12.1. The van der Waals surface area contributed by atoms with E-state index in [9.17, 15) is 0 Å². The van der Waals surface area contributed by atoms with Crippen LogP contribution >= 0.6 is 15.9 Å². The molecule has 3 nitrogen and oxygen atoms in total. The van der Waals surface area contributed by atoms with Crippen molar-refractivity contribution in [3.05, 3.63) is 52.8 Å². The first-order valence-electron chi connectivity index (χ1n) is 5.26. The fourth-order valence-electron chi connectivity index (χ4n) is 1.47. The molecule has 0 aliphatic carbocycles. The molecule has 4 heteroatoms. The number of anilines is 1. The van der Waals surface area contributed by atoms with E-state index in [0.717, 1.165) is 28.0 Å². The summed E-state index contributed by atoms with van der Waals surface area (Å²) in [7, 11) is 1.66. The van der Waals surface area contributed by atoms with Gasteiger partial charge >= 0.3 is 0 Å². The van der Waals surface area contributed by atoms with Crippen LogP contribution < -0.4 is 10.1 Å². The highest BCUT2D eigenvalue weighted by atomic mass is 79.9. The number of ether oxygens (including phenoxy) is 1. The lowest BCUT2D eigenvalue weighted by Gasteiger charge is -2.08. The summed E-state index contributed by atoms with van der Waals surface area (Å²) < 4.78 is 6.23. The Kier molecular flexibility index (Phi) is 3.98. The van der Waals surface area contributed by atoms with E-state index in [2.05, 4.69) is 26.2 Å². The minimum absolute atomic E-state index is 0.724. The van der Waals surface area contributed by atoms with E-state index in [4.69, 9.17) is 4.74 Å². The van der Waals surface area contributed by atoms with Crippen LogP contribution in [0.3, 0.4) is 0 Å². The lowest BCUT2D eigenvalue weighted by Crippen LogP contribution is -2.00. The molecule has 0 spiro atoms. The zero-order valence-corrected chi connectivity index (χ0v) is 11.1. The highest BCUT2D eigenvalue weighted by Crippen LogP contribution is 2.19. The fourth-order valence-corrected chi connectivity index (χ4v) is 1.83. The summed E-state index contributed by atoms with van der Waals surface area (Å²) >= 11 is 3.49. The van der Waals surface area contributed by atoms with Crippen LogP contribution in [0.5, 0.6) is 5.75 Å². The van der Waals surface area contributed by atoms with Crippen LogP contribution in [0.25, 0.3) is 0 Å². The van der Waals surface area contributed by atoms with Gasteiger partial charge in [-0.2, -0.15) is 0 Å². The van der Waals surface area contributed by atoms with E-state index < -0.39 is 0 Å². The third kappa shape index (κ3) is 3.20.